The van der Waals surface area contributed by atoms with E-state index in [0.717, 1.165) is 44.6 Å². The lowest BCUT2D eigenvalue weighted by molar-refractivity contribution is -0.128. The fourth-order valence-corrected chi connectivity index (χ4v) is 2.36. The first-order chi connectivity index (χ1) is 9.09. The van der Waals surface area contributed by atoms with E-state index in [1.54, 1.807) is 0 Å². The van der Waals surface area contributed by atoms with Crippen LogP contribution in [0.15, 0.2) is 0 Å². The van der Waals surface area contributed by atoms with Gasteiger partial charge in [-0.05, 0) is 31.6 Å². The van der Waals surface area contributed by atoms with E-state index in [4.69, 9.17) is 0 Å². The standard InChI is InChI=1S/C15H28N2O2/c1-12(2)8-4-3-5-10-14(18)17-13-9-6-7-11-16-15(13)19/h12-13H,3-11H2,1-2H3,(H,16,19)(H,17,18)/t13-/m0/s1. The van der Waals surface area contributed by atoms with Crippen LogP contribution in [0.1, 0.15) is 65.2 Å². The molecule has 0 aliphatic carbocycles. The second kappa shape index (κ2) is 8.94. The van der Waals surface area contributed by atoms with Crippen molar-refractivity contribution in [2.75, 3.05) is 6.54 Å². The summed E-state index contributed by atoms with van der Waals surface area (Å²) in [6, 6.07) is -0.314. The van der Waals surface area contributed by atoms with Gasteiger partial charge in [0, 0.05) is 13.0 Å². The largest absolute Gasteiger partial charge is 0.354 e. The zero-order valence-corrected chi connectivity index (χ0v) is 12.3. The van der Waals surface area contributed by atoms with Gasteiger partial charge in [0.15, 0.2) is 0 Å². The third kappa shape index (κ3) is 7.19. The molecule has 1 aliphatic heterocycles. The summed E-state index contributed by atoms with van der Waals surface area (Å²) in [6.07, 6.45) is 7.76. The highest BCUT2D eigenvalue weighted by Gasteiger charge is 2.21. The average molecular weight is 268 g/mol. The maximum atomic E-state index is 11.8. The van der Waals surface area contributed by atoms with Crippen molar-refractivity contribution in [2.24, 2.45) is 5.92 Å². The second-order valence-electron chi connectivity index (χ2n) is 5.90. The SMILES string of the molecule is CC(C)CCCCCC(=O)N[C@H]1CCCCNC1=O. The van der Waals surface area contributed by atoms with E-state index in [1.165, 1.54) is 12.8 Å². The average Bonchev–Trinajstić information content (AvgIpc) is 2.54. The van der Waals surface area contributed by atoms with E-state index in [-0.39, 0.29) is 17.9 Å². The van der Waals surface area contributed by atoms with Crippen molar-refractivity contribution in [3.63, 3.8) is 0 Å². The summed E-state index contributed by atoms with van der Waals surface area (Å²) in [4.78, 5) is 23.5. The molecule has 1 atom stereocenters. The highest BCUT2D eigenvalue weighted by atomic mass is 16.2. The molecule has 4 heteroatoms. The Morgan fingerprint density at radius 2 is 2.11 bits per heavy atom. The number of hydrogen-bond acceptors (Lipinski definition) is 2. The highest BCUT2D eigenvalue weighted by molar-refractivity contribution is 5.87. The molecule has 0 radical (unpaired) electrons. The molecule has 1 saturated heterocycles. The molecule has 0 unspecified atom stereocenters. The Morgan fingerprint density at radius 1 is 1.32 bits per heavy atom. The quantitative estimate of drug-likeness (QED) is 0.696. The van der Waals surface area contributed by atoms with Gasteiger partial charge in [-0.25, -0.2) is 0 Å². The topological polar surface area (TPSA) is 58.2 Å². The van der Waals surface area contributed by atoms with Crippen molar-refractivity contribution in [1.29, 1.82) is 0 Å². The molecule has 1 fully saturated rings. The first-order valence-corrected chi connectivity index (χ1v) is 7.66. The third-order valence-corrected chi connectivity index (χ3v) is 3.56. The summed E-state index contributed by atoms with van der Waals surface area (Å²) in [7, 11) is 0. The zero-order chi connectivity index (χ0) is 14.1. The number of carbonyl (C=O) groups excluding carboxylic acids is 2. The predicted molar refractivity (Wildman–Crippen MR) is 76.7 cm³/mol. The van der Waals surface area contributed by atoms with E-state index < -0.39 is 0 Å². The first kappa shape index (κ1) is 16.0. The lowest BCUT2D eigenvalue weighted by Gasteiger charge is -2.15. The Balaban J connectivity index is 2.14. The summed E-state index contributed by atoms with van der Waals surface area (Å²) < 4.78 is 0. The molecule has 1 rings (SSSR count). The van der Waals surface area contributed by atoms with Crippen molar-refractivity contribution in [3.05, 3.63) is 0 Å². The Bertz CT molecular complexity index is 290. The van der Waals surface area contributed by atoms with Crippen LogP contribution in [0.25, 0.3) is 0 Å². The fourth-order valence-electron chi connectivity index (χ4n) is 2.36. The van der Waals surface area contributed by atoms with Crippen LogP contribution in [0.4, 0.5) is 0 Å². The van der Waals surface area contributed by atoms with Crippen molar-refractivity contribution in [1.82, 2.24) is 10.6 Å². The smallest absolute Gasteiger partial charge is 0.242 e. The van der Waals surface area contributed by atoms with Crippen LogP contribution in [-0.4, -0.2) is 24.4 Å². The number of amides is 2. The van der Waals surface area contributed by atoms with Crippen molar-refractivity contribution in [3.8, 4) is 0 Å². The van der Waals surface area contributed by atoms with Crippen LogP contribution in [0.5, 0.6) is 0 Å². The van der Waals surface area contributed by atoms with E-state index >= 15 is 0 Å². The van der Waals surface area contributed by atoms with Crippen LogP contribution in [0, 0.1) is 5.92 Å². The monoisotopic (exact) mass is 268 g/mol. The molecule has 0 aromatic heterocycles. The van der Waals surface area contributed by atoms with Gasteiger partial charge in [-0.3, -0.25) is 9.59 Å². The predicted octanol–water partition coefficient (Wildman–Crippen LogP) is 2.38. The molecule has 110 valence electrons. The van der Waals surface area contributed by atoms with E-state index in [2.05, 4.69) is 24.5 Å². The minimum absolute atomic E-state index is 0.0200. The molecule has 2 N–H and O–H groups in total. The number of hydrogen-bond donors (Lipinski definition) is 2. The number of rotatable bonds is 7. The van der Waals surface area contributed by atoms with Crippen LogP contribution in [0.3, 0.4) is 0 Å². The summed E-state index contributed by atoms with van der Waals surface area (Å²) >= 11 is 0. The van der Waals surface area contributed by atoms with Gasteiger partial charge in [-0.1, -0.05) is 33.1 Å². The number of carbonyl (C=O) groups is 2. The van der Waals surface area contributed by atoms with Gasteiger partial charge in [-0.2, -0.15) is 0 Å². The van der Waals surface area contributed by atoms with Crippen LogP contribution in [-0.2, 0) is 9.59 Å². The molecule has 0 spiro atoms. The molecule has 4 nitrogen and oxygen atoms in total. The summed E-state index contributed by atoms with van der Waals surface area (Å²) in [5.41, 5.74) is 0. The maximum Gasteiger partial charge on any atom is 0.242 e. The Morgan fingerprint density at radius 3 is 2.84 bits per heavy atom. The molecular weight excluding hydrogens is 240 g/mol. The van der Waals surface area contributed by atoms with Gasteiger partial charge in [0.1, 0.15) is 6.04 Å². The molecule has 0 aromatic rings. The van der Waals surface area contributed by atoms with E-state index in [1.807, 2.05) is 0 Å². The normalized spacial score (nSPS) is 19.9. The lowest BCUT2D eigenvalue weighted by Crippen LogP contribution is -2.45. The van der Waals surface area contributed by atoms with E-state index in [9.17, 15) is 9.59 Å². The van der Waals surface area contributed by atoms with Gasteiger partial charge in [0.05, 0.1) is 0 Å². The van der Waals surface area contributed by atoms with Crippen LogP contribution >= 0.6 is 0 Å². The minimum atomic E-state index is -0.314. The minimum Gasteiger partial charge on any atom is -0.354 e. The fraction of sp³-hybridized carbons (Fsp3) is 0.867. The highest BCUT2D eigenvalue weighted by Crippen LogP contribution is 2.10. The molecular formula is C15H28N2O2. The van der Waals surface area contributed by atoms with Gasteiger partial charge < -0.3 is 10.6 Å². The van der Waals surface area contributed by atoms with Gasteiger partial charge in [0.25, 0.3) is 0 Å². The second-order valence-corrected chi connectivity index (χ2v) is 5.90. The van der Waals surface area contributed by atoms with Crippen LogP contribution in [0.2, 0.25) is 0 Å². The summed E-state index contributed by atoms with van der Waals surface area (Å²) in [5.74, 6) is 0.737. The molecule has 1 aliphatic rings. The Hall–Kier alpha value is -1.06. The number of unbranched alkanes of at least 4 members (excludes halogenated alkanes) is 2. The van der Waals surface area contributed by atoms with Crippen LogP contribution < -0.4 is 10.6 Å². The lowest BCUT2D eigenvalue weighted by atomic mass is 10.0. The van der Waals surface area contributed by atoms with Crippen molar-refractivity contribution < 1.29 is 9.59 Å². The molecule has 0 aromatic carbocycles. The van der Waals surface area contributed by atoms with Crippen molar-refractivity contribution >= 4 is 11.8 Å². The number of nitrogens with one attached hydrogen (secondary N) is 2. The summed E-state index contributed by atoms with van der Waals surface area (Å²) in [6.45, 7) is 5.18. The van der Waals surface area contributed by atoms with E-state index in [0.29, 0.717) is 6.42 Å². The van der Waals surface area contributed by atoms with Gasteiger partial charge >= 0.3 is 0 Å². The maximum absolute atomic E-state index is 11.8. The zero-order valence-electron chi connectivity index (χ0n) is 12.3. The Kier molecular flexibility index (Phi) is 7.53. The molecule has 0 saturated carbocycles. The van der Waals surface area contributed by atoms with Gasteiger partial charge in [-0.15, -0.1) is 0 Å². The summed E-state index contributed by atoms with van der Waals surface area (Å²) in [5, 5.41) is 5.69. The molecule has 19 heavy (non-hydrogen) atoms. The molecule has 2 amide bonds. The Labute approximate surface area is 116 Å². The molecule has 0 bridgehead atoms. The first-order valence-electron chi connectivity index (χ1n) is 7.66. The van der Waals surface area contributed by atoms with Crippen molar-refractivity contribution in [2.45, 2.75) is 71.3 Å². The van der Waals surface area contributed by atoms with Gasteiger partial charge in [0.2, 0.25) is 11.8 Å². The molecule has 1 heterocycles. The third-order valence-electron chi connectivity index (χ3n) is 3.56.